The number of rotatable bonds is 10. The number of nitrogens with zero attached hydrogens (tertiary/aromatic N) is 1. The molecule has 11 heteroatoms. The summed E-state index contributed by atoms with van der Waals surface area (Å²) in [6, 6.07) is 11.0. The zero-order chi connectivity index (χ0) is 27.6. The van der Waals surface area contributed by atoms with Crippen molar-refractivity contribution >= 4 is 23.5 Å². The summed E-state index contributed by atoms with van der Waals surface area (Å²) in [5.74, 6) is -1.54. The van der Waals surface area contributed by atoms with Crippen LogP contribution < -0.4 is 14.8 Å². The molecule has 2 aromatic carbocycles. The SMILES string of the molecule is CCOc1ccc(CC[N+](C)(C)C[C@H](O)c2cc(O)cc3c2OCC(=O)N3)cc1.O=C(O)/C=C/C(=O)O. The van der Waals surface area contributed by atoms with Crippen molar-refractivity contribution in [3.05, 3.63) is 59.7 Å². The molecule has 0 saturated carbocycles. The number of aliphatic carboxylic acids is 2. The van der Waals surface area contributed by atoms with Gasteiger partial charge in [-0.25, -0.2) is 9.59 Å². The van der Waals surface area contributed by atoms with E-state index in [4.69, 9.17) is 19.7 Å². The van der Waals surface area contributed by atoms with E-state index in [9.17, 15) is 24.6 Å². The first-order valence-corrected chi connectivity index (χ1v) is 11.6. The molecule has 1 aliphatic heterocycles. The van der Waals surface area contributed by atoms with Crippen molar-refractivity contribution in [3.63, 3.8) is 0 Å². The van der Waals surface area contributed by atoms with Crippen molar-refractivity contribution in [1.29, 1.82) is 0 Å². The van der Waals surface area contributed by atoms with E-state index in [2.05, 4.69) is 31.5 Å². The standard InChI is InChI=1S/C22H28N2O5.C4H4O4/c1-4-28-17-7-5-15(6-8-17)9-10-24(2,3)13-20(26)18-11-16(25)12-19-22(18)29-14-21(27)23-19;5-3(6)1-2-4(7)8/h5-8,11-12,20,26H,4,9-10,13-14H2,1-3H3,(H-,23,25,27);1-2H,(H,5,6)(H,7,8)/p+1/b;2-1+/t20-;/m0./s1. The van der Waals surface area contributed by atoms with Crippen LogP contribution in [0.1, 0.15) is 24.2 Å². The predicted octanol–water partition coefficient (Wildman–Crippen LogP) is 2.19. The number of nitrogens with one attached hydrogen (secondary N) is 1. The highest BCUT2D eigenvalue weighted by Crippen LogP contribution is 2.39. The molecule has 2 aromatic rings. The molecule has 0 radical (unpaired) electrons. The number of phenols is 1. The molecule has 0 fully saturated rings. The third-order valence-electron chi connectivity index (χ3n) is 5.36. The van der Waals surface area contributed by atoms with Gasteiger partial charge in [-0.05, 0) is 30.7 Å². The number of carboxylic acids is 2. The first-order chi connectivity index (χ1) is 17.4. The van der Waals surface area contributed by atoms with E-state index in [1.54, 1.807) is 0 Å². The number of aliphatic hydroxyl groups excluding tert-OH is 1. The highest BCUT2D eigenvalue weighted by molar-refractivity contribution is 5.96. The number of quaternary nitrogens is 1. The molecule has 0 unspecified atom stereocenters. The first-order valence-electron chi connectivity index (χ1n) is 11.6. The summed E-state index contributed by atoms with van der Waals surface area (Å²) in [5, 5.41) is 39.1. The van der Waals surface area contributed by atoms with Crippen molar-refractivity contribution in [1.82, 2.24) is 0 Å². The minimum atomic E-state index is -1.26. The normalized spacial score (nSPS) is 13.5. The van der Waals surface area contributed by atoms with Crippen LogP contribution in [0.3, 0.4) is 0 Å². The molecule has 1 atom stereocenters. The third kappa shape index (κ3) is 9.82. The fraction of sp³-hybridized carbons (Fsp3) is 0.346. The maximum Gasteiger partial charge on any atom is 0.328 e. The molecule has 0 saturated heterocycles. The molecule has 3 rings (SSSR count). The smallest absolute Gasteiger partial charge is 0.328 e. The summed E-state index contributed by atoms with van der Waals surface area (Å²) < 4.78 is 11.6. The zero-order valence-electron chi connectivity index (χ0n) is 21.0. The number of carboxylic acid groups (broad SMARTS) is 2. The summed E-state index contributed by atoms with van der Waals surface area (Å²) >= 11 is 0. The van der Waals surface area contributed by atoms with Gasteiger partial charge in [0.1, 0.15) is 29.9 Å². The largest absolute Gasteiger partial charge is 0.508 e. The quantitative estimate of drug-likeness (QED) is 0.235. The van der Waals surface area contributed by atoms with Crippen LogP contribution >= 0.6 is 0 Å². The fourth-order valence-electron chi connectivity index (χ4n) is 3.61. The van der Waals surface area contributed by atoms with Crippen LogP contribution in [0.2, 0.25) is 0 Å². The molecular formula is C26H33N2O9+. The lowest BCUT2D eigenvalue weighted by Crippen LogP contribution is -2.44. The van der Waals surface area contributed by atoms with Gasteiger partial charge in [0, 0.05) is 30.2 Å². The number of ether oxygens (including phenoxy) is 2. The van der Waals surface area contributed by atoms with E-state index in [1.165, 1.54) is 17.7 Å². The Hall–Kier alpha value is -4.09. The van der Waals surface area contributed by atoms with Gasteiger partial charge in [-0.1, -0.05) is 12.1 Å². The highest BCUT2D eigenvalue weighted by atomic mass is 16.5. The fourth-order valence-corrected chi connectivity index (χ4v) is 3.61. The van der Waals surface area contributed by atoms with Crippen molar-refractivity contribution in [3.8, 4) is 17.2 Å². The second-order valence-corrected chi connectivity index (χ2v) is 8.94. The number of aromatic hydroxyl groups is 1. The van der Waals surface area contributed by atoms with Gasteiger partial charge in [-0.3, -0.25) is 4.79 Å². The maximum absolute atomic E-state index is 11.5. The van der Waals surface area contributed by atoms with Crippen molar-refractivity contribution in [2.45, 2.75) is 19.4 Å². The molecule has 11 nitrogen and oxygen atoms in total. The Morgan fingerprint density at radius 1 is 1.14 bits per heavy atom. The van der Waals surface area contributed by atoms with Gasteiger partial charge in [-0.15, -0.1) is 0 Å². The Kier molecular flexibility index (Phi) is 10.5. The van der Waals surface area contributed by atoms with E-state index in [-0.39, 0.29) is 18.3 Å². The molecule has 200 valence electrons. The number of anilines is 1. The van der Waals surface area contributed by atoms with Crippen LogP contribution in [-0.2, 0) is 20.8 Å². The number of likely N-dealkylation sites (N-methyl/N-ethyl adjacent to an activating group) is 1. The second kappa shape index (κ2) is 13.3. The average molecular weight is 518 g/mol. The molecule has 5 N–H and O–H groups in total. The van der Waals surface area contributed by atoms with Crippen LogP contribution in [0.25, 0.3) is 0 Å². The van der Waals surface area contributed by atoms with E-state index >= 15 is 0 Å². The molecule has 1 heterocycles. The van der Waals surface area contributed by atoms with E-state index in [1.807, 2.05) is 19.1 Å². The lowest BCUT2D eigenvalue weighted by molar-refractivity contribution is -0.893. The van der Waals surface area contributed by atoms with Gasteiger partial charge in [-0.2, -0.15) is 0 Å². The van der Waals surface area contributed by atoms with E-state index in [0.717, 1.165) is 18.7 Å². The predicted molar refractivity (Wildman–Crippen MR) is 135 cm³/mol. The third-order valence-corrected chi connectivity index (χ3v) is 5.36. The Morgan fingerprint density at radius 3 is 2.32 bits per heavy atom. The number of phenolic OH excluding ortho intramolecular Hbond substituents is 1. The highest BCUT2D eigenvalue weighted by Gasteiger charge is 2.28. The molecule has 1 aliphatic rings. The molecular weight excluding hydrogens is 484 g/mol. The van der Waals surface area contributed by atoms with Crippen LogP contribution in [0.4, 0.5) is 5.69 Å². The van der Waals surface area contributed by atoms with Gasteiger partial charge >= 0.3 is 11.9 Å². The average Bonchev–Trinajstić information content (AvgIpc) is 2.82. The molecule has 0 aromatic heterocycles. The van der Waals surface area contributed by atoms with E-state index < -0.39 is 18.0 Å². The first kappa shape index (κ1) is 29.1. The summed E-state index contributed by atoms with van der Waals surface area (Å²) in [4.78, 5) is 30.6. The molecule has 0 aliphatic carbocycles. The van der Waals surface area contributed by atoms with Crippen molar-refractivity contribution in [2.24, 2.45) is 0 Å². The number of hydrogen-bond donors (Lipinski definition) is 5. The summed E-state index contributed by atoms with van der Waals surface area (Å²) in [6.07, 6.45) is 1.13. The number of amides is 1. The minimum Gasteiger partial charge on any atom is -0.508 e. The summed E-state index contributed by atoms with van der Waals surface area (Å²) in [7, 11) is 4.10. The lowest BCUT2D eigenvalue weighted by atomic mass is 10.0. The Balaban J connectivity index is 0.000000521. The van der Waals surface area contributed by atoms with Gasteiger partial charge in [0.15, 0.2) is 6.61 Å². The van der Waals surface area contributed by atoms with Crippen LogP contribution in [0.5, 0.6) is 17.2 Å². The van der Waals surface area contributed by atoms with Crippen molar-refractivity contribution < 1.29 is 48.8 Å². The molecule has 0 spiro atoms. The molecule has 37 heavy (non-hydrogen) atoms. The van der Waals surface area contributed by atoms with Gasteiger partial charge < -0.3 is 39.7 Å². The number of benzene rings is 2. The lowest BCUT2D eigenvalue weighted by Gasteiger charge is -2.33. The zero-order valence-corrected chi connectivity index (χ0v) is 21.0. The Morgan fingerprint density at radius 2 is 1.76 bits per heavy atom. The maximum atomic E-state index is 11.5. The Bertz CT molecular complexity index is 1110. The molecule has 0 bridgehead atoms. The Labute approximate surface area is 214 Å². The summed E-state index contributed by atoms with van der Waals surface area (Å²) in [5.41, 5.74) is 2.07. The number of carbonyl (C=O) groups excluding carboxylic acids is 1. The monoisotopic (exact) mass is 517 g/mol. The minimum absolute atomic E-state index is 0.0247. The van der Waals surface area contributed by atoms with Crippen LogP contribution in [-0.4, -0.2) is 83.2 Å². The van der Waals surface area contributed by atoms with E-state index in [0.29, 0.717) is 46.8 Å². The number of hydrogen-bond acceptors (Lipinski definition) is 7. The number of fused-ring (bicyclic) bond motifs is 1. The van der Waals surface area contributed by atoms with Gasteiger partial charge in [0.2, 0.25) is 0 Å². The van der Waals surface area contributed by atoms with Gasteiger partial charge in [0.05, 0.1) is 32.9 Å². The number of aliphatic hydroxyl groups is 1. The van der Waals surface area contributed by atoms with Crippen molar-refractivity contribution in [2.75, 3.05) is 45.7 Å². The topological polar surface area (TPSA) is 163 Å². The molecule has 1 amide bonds. The second-order valence-electron chi connectivity index (χ2n) is 8.94. The van der Waals surface area contributed by atoms with Crippen LogP contribution in [0.15, 0.2) is 48.6 Å². The number of carbonyl (C=O) groups is 3. The summed E-state index contributed by atoms with van der Waals surface area (Å²) in [6.45, 7) is 3.76. The van der Waals surface area contributed by atoms with Gasteiger partial charge in [0.25, 0.3) is 5.91 Å². The van der Waals surface area contributed by atoms with Crippen LogP contribution in [0, 0.1) is 0 Å².